The Kier molecular flexibility index (Phi) is 4.03. The largest absolute Gasteiger partial charge is 0.318 e. The van der Waals surface area contributed by atoms with Gasteiger partial charge in [0.2, 0.25) is 0 Å². The lowest BCUT2D eigenvalue weighted by Gasteiger charge is -2.21. The molecular formula is C16H21N3S. The number of fused-ring (bicyclic) bond motifs is 1. The van der Waals surface area contributed by atoms with E-state index < -0.39 is 0 Å². The molecule has 0 saturated carbocycles. The van der Waals surface area contributed by atoms with Crippen molar-refractivity contribution in [2.45, 2.75) is 32.2 Å². The summed E-state index contributed by atoms with van der Waals surface area (Å²) in [4.78, 5) is 8.34. The van der Waals surface area contributed by atoms with E-state index in [0.29, 0.717) is 6.04 Å². The lowest BCUT2D eigenvalue weighted by atomic mass is 10.1. The Hall–Kier alpha value is -1.39. The zero-order valence-electron chi connectivity index (χ0n) is 12.1. The molecule has 20 heavy (non-hydrogen) atoms. The third kappa shape index (κ3) is 2.58. The number of anilines is 2. The summed E-state index contributed by atoms with van der Waals surface area (Å²) in [6, 6.07) is 9.10. The summed E-state index contributed by atoms with van der Waals surface area (Å²) in [5.74, 6) is 0. The zero-order chi connectivity index (χ0) is 13.9. The summed E-state index contributed by atoms with van der Waals surface area (Å²) in [6.45, 7) is 3.24. The van der Waals surface area contributed by atoms with Crippen LogP contribution in [0.3, 0.4) is 0 Å². The molecule has 4 heteroatoms. The highest BCUT2D eigenvalue weighted by atomic mass is 32.1. The van der Waals surface area contributed by atoms with Crippen LogP contribution in [0.2, 0.25) is 0 Å². The van der Waals surface area contributed by atoms with E-state index in [1.807, 2.05) is 13.2 Å². The molecule has 0 saturated heterocycles. The highest BCUT2D eigenvalue weighted by Gasteiger charge is 2.19. The molecule has 2 heterocycles. The van der Waals surface area contributed by atoms with Crippen LogP contribution in [0.25, 0.3) is 0 Å². The van der Waals surface area contributed by atoms with Crippen molar-refractivity contribution >= 4 is 22.2 Å². The average Bonchev–Trinajstić information content (AvgIpc) is 2.87. The van der Waals surface area contributed by atoms with Gasteiger partial charge in [0.15, 0.2) is 5.13 Å². The number of hydrogen-bond donors (Lipinski definition) is 1. The Labute approximate surface area is 124 Å². The van der Waals surface area contributed by atoms with Crippen LogP contribution in [0.5, 0.6) is 0 Å². The van der Waals surface area contributed by atoms with Gasteiger partial charge in [-0.3, -0.25) is 0 Å². The summed E-state index contributed by atoms with van der Waals surface area (Å²) in [5.41, 5.74) is 2.78. The Morgan fingerprint density at radius 2 is 2.15 bits per heavy atom. The number of aromatic nitrogens is 1. The molecule has 1 unspecified atom stereocenters. The fourth-order valence-corrected chi connectivity index (χ4v) is 3.65. The van der Waals surface area contributed by atoms with Crippen LogP contribution < -0.4 is 10.2 Å². The number of para-hydroxylation sites is 1. The zero-order valence-corrected chi connectivity index (χ0v) is 12.9. The number of thiazole rings is 1. The topological polar surface area (TPSA) is 28.2 Å². The van der Waals surface area contributed by atoms with Crippen molar-refractivity contribution in [2.24, 2.45) is 0 Å². The maximum Gasteiger partial charge on any atom is 0.190 e. The van der Waals surface area contributed by atoms with Crippen molar-refractivity contribution in [2.75, 3.05) is 18.5 Å². The fourth-order valence-electron chi connectivity index (χ4n) is 2.63. The van der Waals surface area contributed by atoms with E-state index in [1.165, 1.54) is 35.4 Å². The molecular weight excluding hydrogens is 266 g/mol. The molecule has 0 aliphatic carbocycles. The Morgan fingerprint density at radius 1 is 1.30 bits per heavy atom. The van der Waals surface area contributed by atoms with E-state index in [1.54, 1.807) is 11.3 Å². The number of hydrogen-bond acceptors (Lipinski definition) is 4. The van der Waals surface area contributed by atoms with E-state index in [9.17, 15) is 0 Å². The molecule has 2 aromatic rings. The van der Waals surface area contributed by atoms with Gasteiger partial charge in [-0.05, 0) is 44.9 Å². The normalized spacial score (nSPS) is 16.6. The molecule has 1 aromatic heterocycles. The summed E-state index contributed by atoms with van der Waals surface area (Å²) in [5, 5.41) is 4.40. The molecule has 106 valence electrons. The van der Waals surface area contributed by atoms with Crippen molar-refractivity contribution < 1.29 is 0 Å². The number of aryl methyl sites for hydroxylation is 1. The number of rotatable bonds is 3. The van der Waals surface area contributed by atoms with E-state index in [4.69, 9.17) is 0 Å². The fraction of sp³-hybridized carbons (Fsp3) is 0.438. The van der Waals surface area contributed by atoms with E-state index >= 15 is 0 Å². The highest BCUT2D eigenvalue weighted by Crippen LogP contribution is 2.36. The second-order valence-electron chi connectivity index (χ2n) is 5.29. The quantitative estimate of drug-likeness (QED) is 0.928. The predicted octanol–water partition coefficient (Wildman–Crippen LogP) is 3.90. The molecule has 1 aromatic carbocycles. The van der Waals surface area contributed by atoms with Gasteiger partial charge in [0, 0.05) is 29.3 Å². The van der Waals surface area contributed by atoms with Crippen molar-refractivity contribution in [1.29, 1.82) is 0 Å². The molecule has 0 radical (unpaired) electrons. The molecule has 0 spiro atoms. The van der Waals surface area contributed by atoms with Crippen LogP contribution in [-0.2, 0) is 6.42 Å². The van der Waals surface area contributed by atoms with E-state index in [0.717, 1.165) is 11.7 Å². The smallest absolute Gasteiger partial charge is 0.190 e. The predicted molar refractivity (Wildman–Crippen MR) is 86.0 cm³/mol. The first-order valence-corrected chi connectivity index (χ1v) is 8.09. The Morgan fingerprint density at radius 3 is 3.00 bits per heavy atom. The molecule has 1 aliphatic heterocycles. The van der Waals surface area contributed by atoms with Gasteiger partial charge >= 0.3 is 0 Å². The third-order valence-electron chi connectivity index (χ3n) is 3.96. The second kappa shape index (κ2) is 5.94. The number of nitrogens with zero attached hydrogens (tertiary/aromatic N) is 2. The number of benzene rings is 1. The molecule has 0 bridgehead atoms. The average molecular weight is 287 g/mol. The van der Waals surface area contributed by atoms with Crippen molar-refractivity contribution in [3.8, 4) is 0 Å². The van der Waals surface area contributed by atoms with E-state index in [2.05, 4.69) is 46.4 Å². The lowest BCUT2D eigenvalue weighted by Crippen LogP contribution is -2.17. The monoisotopic (exact) mass is 287 g/mol. The molecule has 1 atom stereocenters. The second-order valence-corrected chi connectivity index (χ2v) is 6.33. The van der Waals surface area contributed by atoms with Crippen molar-refractivity contribution in [1.82, 2.24) is 10.3 Å². The maximum atomic E-state index is 4.65. The van der Waals surface area contributed by atoms with Crippen LogP contribution in [0, 0.1) is 0 Å². The summed E-state index contributed by atoms with van der Waals surface area (Å²) in [7, 11) is 1.99. The molecule has 1 N–H and O–H groups in total. The summed E-state index contributed by atoms with van der Waals surface area (Å²) in [6.07, 6.45) is 5.68. The van der Waals surface area contributed by atoms with Crippen molar-refractivity contribution in [3.05, 3.63) is 40.9 Å². The molecule has 3 nitrogen and oxygen atoms in total. The van der Waals surface area contributed by atoms with Gasteiger partial charge in [-0.15, -0.1) is 0 Å². The number of nitrogens with one attached hydrogen (secondary N) is 1. The van der Waals surface area contributed by atoms with Gasteiger partial charge < -0.3 is 10.2 Å². The van der Waals surface area contributed by atoms with Gasteiger partial charge in [0.25, 0.3) is 0 Å². The SMILES string of the molecule is CNC(C)c1cnc(N2CCCCc3ccccc32)s1. The van der Waals surface area contributed by atoms with Gasteiger partial charge in [-0.2, -0.15) is 0 Å². The van der Waals surface area contributed by atoms with Crippen LogP contribution in [0.1, 0.15) is 36.2 Å². The van der Waals surface area contributed by atoms with Crippen molar-refractivity contribution in [3.63, 3.8) is 0 Å². The van der Waals surface area contributed by atoms with Crippen LogP contribution >= 0.6 is 11.3 Å². The standard InChI is InChI=1S/C16H21N3S/c1-12(17-2)15-11-18-16(20-15)19-10-6-5-8-13-7-3-4-9-14(13)19/h3-4,7,9,11-12,17H,5-6,8,10H2,1-2H3. The van der Waals surface area contributed by atoms with Crippen LogP contribution in [0.4, 0.5) is 10.8 Å². The van der Waals surface area contributed by atoms with Crippen LogP contribution in [-0.4, -0.2) is 18.6 Å². The minimum atomic E-state index is 0.364. The Bertz CT molecular complexity index is 579. The third-order valence-corrected chi connectivity index (χ3v) is 5.17. The lowest BCUT2D eigenvalue weighted by molar-refractivity contribution is 0.662. The van der Waals surface area contributed by atoms with Gasteiger partial charge in [-0.1, -0.05) is 29.5 Å². The first-order chi connectivity index (χ1) is 9.79. The Balaban J connectivity index is 1.95. The molecule has 1 aliphatic rings. The van der Waals surface area contributed by atoms with Gasteiger partial charge in [0.1, 0.15) is 0 Å². The highest BCUT2D eigenvalue weighted by molar-refractivity contribution is 7.15. The summed E-state index contributed by atoms with van der Waals surface area (Å²) >= 11 is 1.80. The van der Waals surface area contributed by atoms with Gasteiger partial charge in [0.05, 0.1) is 0 Å². The molecule has 0 amide bonds. The first kappa shape index (κ1) is 13.6. The molecule has 3 rings (SSSR count). The summed E-state index contributed by atoms with van der Waals surface area (Å²) < 4.78 is 0. The minimum Gasteiger partial charge on any atom is -0.318 e. The first-order valence-electron chi connectivity index (χ1n) is 7.28. The minimum absolute atomic E-state index is 0.364. The van der Waals surface area contributed by atoms with E-state index in [-0.39, 0.29) is 0 Å². The molecule has 0 fully saturated rings. The van der Waals surface area contributed by atoms with Crippen LogP contribution in [0.15, 0.2) is 30.5 Å². The van der Waals surface area contributed by atoms with Gasteiger partial charge in [-0.25, -0.2) is 4.98 Å². The maximum absolute atomic E-state index is 4.65.